The molecule has 0 spiro atoms. The van der Waals surface area contributed by atoms with Crippen molar-refractivity contribution in [3.05, 3.63) is 64.2 Å². The molecule has 3 aromatic rings. The van der Waals surface area contributed by atoms with Crippen molar-refractivity contribution >= 4 is 23.0 Å². The molecule has 0 radical (unpaired) electrons. The van der Waals surface area contributed by atoms with Gasteiger partial charge in [-0.2, -0.15) is 16.4 Å². The molecule has 0 saturated carbocycles. The van der Waals surface area contributed by atoms with Crippen molar-refractivity contribution in [1.82, 2.24) is 5.01 Å². The van der Waals surface area contributed by atoms with E-state index in [1.54, 1.807) is 44.8 Å². The molecule has 1 amide bonds. The minimum absolute atomic E-state index is 0.234. The van der Waals surface area contributed by atoms with Gasteiger partial charge in [0.25, 0.3) is 0 Å². The fraction of sp³-hybridized carbons (Fsp3) is 0.238. The molecule has 1 aliphatic heterocycles. The minimum Gasteiger partial charge on any atom is -0.493 e. The number of methoxy groups -OCH3 is 3. The van der Waals surface area contributed by atoms with Crippen molar-refractivity contribution in [2.45, 2.75) is 12.5 Å². The van der Waals surface area contributed by atoms with Gasteiger partial charge in [0, 0.05) is 12.0 Å². The first-order valence-electron chi connectivity index (χ1n) is 8.93. The number of thiophene rings is 1. The first-order valence-corrected chi connectivity index (χ1v) is 9.87. The van der Waals surface area contributed by atoms with E-state index in [1.807, 2.05) is 29.0 Å². The quantitative estimate of drug-likeness (QED) is 0.602. The van der Waals surface area contributed by atoms with Gasteiger partial charge in [0.15, 0.2) is 17.3 Å². The van der Waals surface area contributed by atoms with Crippen molar-refractivity contribution < 1.29 is 23.4 Å². The summed E-state index contributed by atoms with van der Waals surface area (Å²) in [5.74, 6) is 1.48. The lowest BCUT2D eigenvalue weighted by Gasteiger charge is -2.23. The van der Waals surface area contributed by atoms with Crippen molar-refractivity contribution in [2.24, 2.45) is 5.10 Å². The Morgan fingerprint density at radius 3 is 2.48 bits per heavy atom. The summed E-state index contributed by atoms with van der Waals surface area (Å²) in [6.45, 7) is 0. The van der Waals surface area contributed by atoms with E-state index in [9.17, 15) is 4.79 Å². The van der Waals surface area contributed by atoms with Gasteiger partial charge in [-0.05, 0) is 46.7 Å². The average molecular weight is 412 g/mol. The summed E-state index contributed by atoms with van der Waals surface area (Å²) in [5.41, 5.74) is 2.67. The number of amides is 1. The topological polar surface area (TPSA) is 73.5 Å². The molecule has 1 aromatic carbocycles. The Bertz CT molecular complexity index is 1000. The van der Waals surface area contributed by atoms with Crippen molar-refractivity contribution in [2.75, 3.05) is 21.3 Å². The summed E-state index contributed by atoms with van der Waals surface area (Å²) in [6, 6.07) is 8.67. The Labute approximate surface area is 172 Å². The number of rotatable bonds is 6. The highest BCUT2D eigenvalue weighted by molar-refractivity contribution is 7.08. The zero-order chi connectivity index (χ0) is 20.4. The third kappa shape index (κ3) is 3.47. The number of carbonyl (C=O) groups excluding carboxylic acids is 1. The van der Waals surface area contributed by atoms with Crippen LogP contribution in [0.4, 0.5) is 0 Å². The summed E-state index contributed by atoms with van der Waals surface area (Å²) < 4.78 is 21.7. The second-order valence-corrected chi connectivity index (χ2v) is 7.14. The number of hydrazone groups is 1. The zero-order valence-electron chi connectivity index (χ0n) is 16.2. The van der Waals surface area contributed by atoms with Gasteiger partial charge in [-0.25, -0.2) is 5.01 Å². The van der Waals surface area contributed by atoms with Gasteiger partial charge in [-0.1, -0.05) is 0 Å². The third-order valence-electron chi connectivity index (χ3n) is 4.78. The first-order chi connectivity index (χ1) is 14.2. The Balaban J connectivity index is 1.78. The van der Waals surface area contributed by atoms with E-state index in [1.165, 1.54) is 11.3 Å². The van der Waals surface area contributed by atoms with Gasteiger partial charge in [-0.3, -0.25) is 4.79 Å². The Morgan fingerprint density at radius 2 is 1.93 bits per heavy atom. The van der Waals surface area contributed by atoms with Gasteiger partial charge in [0.2, 0.25) is 5.75 Å². The Morgan fingerprint density at radius 1 is 1.17 bits per heavy atom. The molecule has 0 fully saturated rings. The smallest absolute Gasteiger partial charge is 0.310 e. The van der Waals surface area contributed by atoms with E-state index >= 15 is 0 Å². The average Bonchev–Trinajstić information content (AvgIpc) is 3.52. The normalized spacial score (nSPS) is 15.9. The molecule has 0 bridgehead atoms. The Hall–Kier alpha value is -3.26. The highest BCUT2D eigenvalue weighted by Gasteiger charge is 2.36. The number of furan rings is 1. The number of hydrogen-bond acceptors (Lipinski definition) is 7. The Kier molecular flexibility index (Phi) is 5.26. The maximum atomic E-state index is 13.1. The van der Waals surface area contributed by atoms with Gasteiger partial charge >= 0.3 is 5.91 Å². The lowest BCUT2D eigenvalue weighted by atomic mass is 9.98. The van der Waals surface area contributed by atoms with Crippen LogP contribution < -0.4 is 14.2 Å². The molecule has 1 aliphatic rings. The standard InChI is InChI=1S/C21H20N2O5S/c1-25-18-9-14(10-19(26-2)20(18)27-3)16-11-15(13-6-8-29-12-13)22-23(16)21(24)17-5-4-7-28-17/h4-10,12,16H,11H2,1-3H3/t16-/m0/s1. The second-order valence-electron chi connectivity index (χ2n) is 6.36. The van der Waals surface area contributed by atoms with Crippen LogP contribution in [0.1, 0.15) is 34.1 Å². The van der Waals surface area contributed by atoms with E-state index in [4.69, 9.17) is 18.6 Å². The molecule has 3 heterocycles. The molecule has 2 aromatic heterocycles. The monoisotopic (exact) mass is 412 g/mol. The fourth-order valence-electron chi connectivity index (χ4n) is 3.37. The number of carbonyl (C=O) groups is 1. The van der Waals surface area contributed by atoms with Crippen molar-refractivity contribution in [3.63, 3.8) is 0 Å². The van der Waals surface area contributed by atoms with E-state index in [0.29, 0.717) is 23.7 Å². The van der Waals surface area contributed by atoms with Crippen LogP contribution in [0.2, 0.25) is 0 Å². The van der Waals surface area contributed by atoms with Gasteiger partial charge in [0.1, 0.15) is 0 Å². The van der Waals surface area contributed by atoms with Crippen molar-refractivity contribution in [3.8, 4) is 17.2 Å². The fourth-order valence-corrected chi connectivity index (χ4v) is 4.03. The molecular formula is C21H20N2O5S. The summed E-state index contributed by atoms with van der Waals surface area (Å²) in [4.78, 5) is 13.1. The lowest BCUT2D eigenvalue weighted by Crippen LogP contribution is -2.26. The highest BCUT2D eigenvalue weighted by atomic mass is 32.1. The van der Waals surface area contributed by atoms with Crippen LogP contribution in [-0.4, -0.2) is 38.0 Å². The third-order valence-corrected chi connectivity index (χ3v) is 5.46. The second kappa shape index (κ2) is 8.00. The predicted molar refractivity (Wildman–Crippen MR) is 109 cm³/mol. The maximum Gasteiger partial charge on any atom is 0.310 e. The van der Waals surface area contributed by atoms with E-state index in [2.05, 4.69) is 5.10 Å². The molecule has 29 heavy (non-hydrogen) atoms. The number of nitrogens with zero attached hydrogens (tertiary/aromatic N) is 2. The van der Waals surface area contributed by atoms with Crippen LogP contribution in [0.25, 0.3) is 0 Å². The molecule has 7 nitrogen and oxygen atoms in total. The molecule has 0 unspecified atom stereocenters. The summed E-state index contributed by atoms with van der Waals surface area (Å²) in [5, 5.41) is 10.1. The van der Waals surface area contributed by atoms with E-state index < -0.39 is 0 Å². The first kappa shape index (κ1) is 19.1. The molecular weight excluding hydrogens is 392 g/mol. The van der Waals surface area contributed by atoms with Gasteiger partial charge < -0.3 is 18.6 Å². The summed E-state index contributed by atoms with van der Waals surface area (Å²) in [7, 11) is 4.68. The molecule has 1 atom stereocenters. The maximum absolute atomic E-state index is 13.1. The number of ether oxygens (including phenoxy) is 3. The summed E-state index contributed by atoms with van der Waals surface area (Å²) in [6.07, 6.45) is 2.03. The molecule has 4 rings (SSSR count). The molecule has 150 valence electrons. The largest absolute Gasteiger partial charge is 0.493 e. The SMILES string of the molecule is COc1cc([C@@H]2CC(c3ccsc3)=NN2C(=O)c2ccco2)cc(OC)c1OC. The van der Waals surface area contributed by atoms with Gasteiger partial charge in [-0.15, -0.1) is 0 Å². The number of benzene rings is 1. The van der Waals surface area contributed by atoms with Crippen LogP contribution in [-0.2, 0) is 0 Å². The van der Waals surface area contributed by atoms with Gasteiger partial charge in [0.05, 0.1) is 39.3 Å². The van der Waals surface area contributed by atoms with Crippen LogP contribution in [0.3, 0.4) is 0 Å². The van der Waals surface area contributed by atoms with Crippen LogP contribution in [0, 0.1) is 0 Å². The minimum atomic E-state index is -0.337. The molecule has 0 saturated heterocycles. The van der Waals surface area contributed by atoms with E-state index in [0.717, 1.165) is 16.8 Å². The van der Waals surface area contributed by atoms with Crippen molar-refractivity contribution in [1.29, 1.82) is 0 Å². The van der Waals surface area contributed by atoms with Crippen LogP contribution >= 0.6 is 11.3 Å². The predicted octanol–water partition coefficient (Wildman–Crippen LogP) is 4.36. The lowest BCUT2D eigenvalue weighted by molar-refractivity contribution is 0.0678. The van der Waals surface area contributed by atoms with Crippen LogP contribution in [0.5, 0.6) is 17.2 Å². The van der Waals surface area contributed by atoms with E-state index in [-0.39, 0.29) is 17.7 Å². The van der Waals surface area contributed by atoms with Crippen LogP contribution in [0.15, 0.2) is 56.9 Å². The molecule has 8 heteroatoms. The highest BCUT2D eigenvalue weighted by Crippen LogP contribution is 2.43. The zero-order valence-corrected chi connectivity index (χ0v) is 17.1. The molecule has 0 N–H and O–H groups in total. The number of hydrogen-bond donors (Lipinski definition) is 0. The molecule has 0 aliphatic carbocycles. The summed E-state index contributed by atoms with van der Waals surface area (Å²) >= 11 is 1.59.